The van der Waals surface area contributed by atoms with E-state index < -0.39 is 11.3 Å². The van der Waals surface area contributed by atoms with Gasteiger partial charge in [0.25, 0.3) is 0 Å². The third-order valence-corrected chi connectivity index (χ3v) is 6.63. The van der Waals surface area contributed by atoms with Gasteiger partial charge in [0.05, 0.1) is 18.7 Å². The summed E-state index contributed by atoms with van der Waals surface area (Å²) in [7, 11) is 1.58. The predicted molar refractivity (Wildman–Crippen MR) is 128 cm³/mol. The van der Waals surface area contributed by atoms with E-state index in [1.165, 1.54) is 4.90 Å². The van der Waals surface area contributed by atoms with Crippen LogP contribution in [-0.4, -0.2) is 18.9 Å². The Morgan fingerprint density at radius 1 is 0.844 bits per heavy atom. The van der Waals surface area contributed by atoms with E-state index in [9.17, 15) is 9.59 Å². The third-order valence-electron chi connectivity index (χ3n) is 5.94. The lowest BCUT2D eigenvalue weighted by molar-refractivity contribution is -0.122. The normalized spacial score (nSPS) is 20.7. The van der Waals surface area contributed by atoms with Gasteiger partial charge in [-0.2, -0.15) is 0 Å². The van der Waals surface area contributed by atoms with Gasteiger partial charge in [-0.05, 0) is 60.0 Å². The Morgan fingerprint density at radius 3 is 1.88 bits per heavy atom. The highest BCUT2D eigenvalue weighted by atomic mass is 35.5. The van der Waals surface area contributed by atoms with Crippen molar-refractivity contribution in [1.29, 1.82) is 0 Å². The summed E-state index contributed by atoms with van der Waals surface area (Å²) in [6, 6.07) is 19.0. The molecule has 4 nitrogen and oxygen atoms in total. The fourth-order valence-corrected chi connectivity index (χ4v) is 5.18. The molecule has 0 aromatic heterocycles. The van der Waals surface area contributed by atoms with E-state index in [1.54, 1.807) is 61.7 Å². The fraction of sp³-hybridized carbons (Fsp3) is 0.200. The van der Waals surface area contributed by atoms with Crippen LogP contribution in [0.4, 0.5) is 5.69 Å². The number of nitrogens with zero attached hydrogens (tertiary/aromatic N) is 1. The molecule has 1 saturated heterocycles. The molecular weight excluding hydrogens is 469 g/mol. The second-order valence-corrected chi connectivity index (χ2v) is 8.92. The van der Waals surface area contributed by atoms with Crippen LogP contribution < -0.4 is 9.64 Å². The lowest BCUT2D eigenvalue weighted by Crippen LogP contribution is -2.42. The van der Waals surface area contributed by atoms with Crippen molar-refractivity contribution >= 4 is 52.3 Å². The number of halogens is 3. The molecule has 2 amide bonds. The summed E-state index contributed by atoms with van der Waals surface area (Å²) in [4.78, 5) is 29.1. The summed E-state index contributed by atoms with van der Waals surface area (Å²) < 4.78 is 5.30. The fourth-order valence-electron chi connectivity index (χ4n) is 4.54. The molecule has 4 rings (SSSR count). The number of anilines is 1. The molecule has 7 heteroatoms. The molecule has 0 aliphatic carbocycles. The van der Waals surface area contributed by atoms with Crippen LogP contribution in [0.25, 0.3) is 0 Å². The highest BCUT2D eigenvalue weighted by Crippen LogP contribution is 2.50. The second kappa shape index (κ2) is 8.78. The number of carbonyl (C=O) groups is 2. The minimum Gasteiger partial charge on any atom is -0.497 e. The molecule has 0 saturated carbocycles. The highest BCUT2D eigenvalue weighted by molar-refractivity contribution is 6.36. The number of carbonyl (C=O) groups excluding carboxylic acids is 2. The van der Waals surface area contributed by atoms with E-state index in [4.69, 9.17) is 39.5 Å². The topological polar surface area (TPSA) is 46.6 Å². The summed E-state index contributed by atoms with van der Waals surface area (Å²) >= 11 is 18.5. The predicted octanol–water partition coefficient (Wildman–Crippen LogP) is 6.54. The second-order valence-electron chi connectivity index (χ2n) is 7.61. The van der Waals surface area contributed by atoms with Gasteiger partial charge in [0.15, 0.2) is 0 Å². The van der Waals surface area contributed by atoms with Crippen molar-refractivity contribution in [2.24, 2.45) is 5.92 Å². The van der Waals surface area contributed by atoms with Crippen LogP contribution in [0.5, 0.6) is 5.75 Å². The van der Waals surface area contributed by atoms with E-state index in [2.05, 4.69) is 0 Å². The number of benzene rings is 3. The van der Waals surface area contributed by atoms with Crippen molar-refractivity contribution < 1.29 is 14.3 Å². The minimum atomic E-state index is -1.24. The van der Waals surface area contributed by atoms with E-state index >= 15 is 0 Å². The molecule has 164 valence electrons. The molecule has 1 aliphatic rings. The van der Waals surface area contributed by atoms with Crippen molar-refractivity contribution in [3.63, 3.8) is 0 Å². The molecular formula is C25H20Cl3NO3. The van der Waals surface area contributed by atoms with Gasteiger partial charge in [0.1, 0.15) is 11.2 Å². The van der Waals surface area contributed by atoms with Crippen LogP contribution in [0.15, 0.2) is 66.7 Å². The molecule has 1 fully saturated rings. The molecule has 0 radical (unpaired) electrons. The summed E-state index contributed by atoms with van der Waals surface area (Å²) in [5.74, 6) is -0.646. The number of ether oxygens (including phenoxy) is 1. The van der Waals surface area contributed by atoms with Crippen LogP contribution in [0.1, 0.15) is 24.5 Å². The summed E-state index contributed by atoms with van der Waals surface area (Å²) in [5.41, 5.74) is 0.493. The van der Waals surface area contributed by atoms with Crippen molar-refractivity contribution in [3.8, 4) is 5.75 Å². The van der Waals surface area contributed by atoms with Crippen molar-refractivity contribution in [3.05, 3.63) is 92.9 Å². The molecule has 2 atom stereocenters. The van der Waals surface area contributed by atoms with Crippen LogP contribution in [0.2, 0.25) is 15.1 Å². The van der Waals surface area contributed by atoms with E-state index in [0.717, 1.165) is 0 Å². The molecule has 0 N–H and O–H groups in total. The van der Waals surface area contributed by atoms with Crippen LogP contribution in [0.3, 0.4) is 0 Å². The number of amides is 2. The third kappa shape index (κ3) is 3.57. The maximum Gasteiger partial charge on any atom is 0.249 e. The Hall–Kier alpha value is -2.53. The molecule has 1 unspecified atom stereocenters. The number of hydrogen-bond donors (Lipinski definition) is 0. The Kier molecular flexibility index (Phi) is 6.22. The molecule has 1 aliphatic heterocycles. The van der Waals surface area contributed by atoms with Crippen LogP contribution in [0, 0.1) is 5.92 Å². The lowest BCUT2D eigenvalue weighted by atomic mass is 9.66. The van der Waals surface area contributed by atoms with Gasteiger partial charge in [-0.15, -0.1) is 0 Å². The molecule has 3 aromatic rings. The van der Waals surface area contributed by atoms with Crippen molar-refractivity contribution in [2.45, 2.75) is 18.8 Å². The zero-order chi connectivity index (χ0) is 23.0. The van der Waals surface area contributed by atoms with Gasteiger partial charge in [-0.1, -0.05) is 66.0 Å². The highest BCUT2D eigenvalue weighted by Gasteiger charge is 2.60. The van der Waals surface area contributed by atoms with Crippen LogP contribution in [-0.2, 0) is 15.0 Å². The quantitative estimate of drug-likeness (QED) is 0.383. The Labute approximate surface area is 201 Å². The average Bonchev–Trinajstić information content (AvgIpc) is 3.00. The Morgan fingerprint density at radius 2 is 1.38 bits per heavy atom. The zero-order valence-electron chi connectivity index (χ0n) is 17.4. The number of imide groups is 1. The SMILES string of the molecule is CCC1C(=O)N(c2cc(Cl)cc(Cl)c2)C(=O)[C@]1(c1ccc(Cl)cc1)c1ccc(OC)cc1. The van der Waals surface area contributed by atoms with Gasteiger partial charge in [-0.25, -0.2) is 4.90 Å². The van der Waals surface area contributed by atoms with E-state index in [-0.39, 0.29) is 11.8 Å². The first-order valence-electron chi connectivity index (χ1n) is 10.1. The Balaban J connectivity index is 1.99. The summed E-state index contributed by atoms with van der Waals surface area (Å²) in [5, 5.41) is 1.23. The Bertz CT molecular complexity index is 1160. The number of rotatable bonds is 5. The molecule has 1 heterocycles. The lowest BCUT2D eigenvalue weighted by Gasteiger charge is -2.32. The molecule has 3 aromatic carbocycles. The maximum absolute atomic E-state index is 14.2. The van der Waals surface area contributed by atoms with Crippen molar-refractivity contribution in [1.82, 2.24) is 0 Å². The first-order chi connectivity index (χ1) is 15.3. The number of methoxy groups -OCH3 is 1. The van der Waals surface area contributed by atoms with Crippen molar-refractivity contribution in [2.75, 3.05) is 12.0 Å². The number of hydrogen-bond acceptors (Lipinski definition) is 3. The first kappa shape index (κ1) is 22.7. The van der Waals surface area contributed by atoms with Gasteiger partial charge < -0.3 is 4.74 Å². The van der Waals surface area contributed by atoms with Gasteiger partial charge in [0, 0.05) is 15.1 Å². The molecule has 0 spiro atoms. The first-order valence-corrected chi connectivity index (χ1v) is 11.2. The summed E-state index contributed by atoms with van der Waals surface area (Å²) in [6.45, 7) is 1.90. The van der Waals surface area contributed by atoms with E-state index in [1.807, 2.05) is 19.1 Å². The van der Waals surface area contributed by atoms with Crippen LogP contribution >= 0.6 is 34.8 Å². The summed E-state index contributed by atoms with van der Waals surface area (Å²) in [6.07, 6.45) is 0.448. The minimum absolute atomic E-state index is 0.304. The van der Waals surface area contributed by atoms with E-state index in [0.29, 0.717) is 44.1 Å². The van der Waals surface area contributed by atoms with Gasteiger partial charge in [0.2, 0.25) is 11.8 Å². The van der Waals surface area contributed by atoms with Gasteiger partial charge in [-0.3, -0.25) is 9.59 Å². The monoisotopic (exact) mass is 487 g/mol. The standard InChI is InChI=1S/C25H20Cl3NO3/c1-3-22-23(30)29(20-13-18(27)12-19(28)14-20)24(31)25(22,15-4-8-17(26)9-5-15)16-6-10-21(32-2)11-7-16/h4-14,22H,3H2,1-2H3/t22?,25-/m1/s1. The average molecular weight is 489 g/mol. The molecule has 32 heavy (non-hydrogen) atoms. The molecule has 0 bridgehead atoms. The maximum atomic E-state index is 14.2. The zero-order valence-corrected chi connectivity index (χ0v) is 19.7. The smallest absolute Gasteiger partial charge is 0.249 e. The van der Waals surface area contributed by atoms with Gasteiger partial charge >= 0.3 is 0 Å². The largest absolute Gasteiger partial charge is 0.497 e.